The molecule has 24 heavy (non-hydrogen) atoms. The van der Waals surface area contributed by atoms with Gasteiger partial charge < -0.3 is 10.1 Å². The summed E-state index contributed by atoms with van der Waals surface area (Å²) in [6.45, 7) is 6.81. The Morgan fingerprint density at radius 3 is 2.62 bits per heavy atom. The van der Waals surface area contributed by atoms with Crippen LogP contribution in [-0.4, -0.2) is 43.3 Å². The van der Waals surface area contributed by atoms with Gasteiger partial charge in [-0.3, -0.25) is 14.8 Å². The highest BCUT2D eigenvalue weighted by atomic mass is 32.2. The molecular weight excluding hydrogens is 322 g/mol. The van der Waals surface area contributed by atoms with Gasteiger partial charge in [-0.05, 0) is 49.7 Å². The number of allylic oxidation sites excluding steroid dienone is 1. The van der Waals surface area contributed by atoms with Crippen LogP contribution in [0.2, 0.25) is 0 Å². The molecule has 1 aromatic rings. The van der Waals surface area contributed by atoms with Gasteiger partial charge >= 0.3 is 0 Å². The highest BCUT2D eigenvalue weighted by Crippen LogP contribution is 2.16. The fourth-order valence-corrected chi connectivity index (χ4v) is 2.48. The van der Waals surface area contributed by atoms with E-state index in [0.717, 1.165) is 21.3 Å². The zero-order valence-electron chi connectivity index (χ0n) is 14.9. The van der Waals surface area contributed by atoms with Gasteiger partial charge in [-0.1, -0.05) is 18.2 Å². The van der Waals surface area contributed by atoms with E-state index in [0.29, 0.717) is 18.7 Å². The molecule has 1 rings (SSSR count). The normalized spacial score (nSPS) is 13.1. The van der Waals surface area contributed by atoms with Crippen molar-refractivity contribution in [3.63, 3.8) is 0 Å². The maximum atomic E-state index is 11.5. The number of ketones is 1. The summed E-state index contributed by atoms with van der Waals surface area (Å²) in [6, 6.07) is 7.56. The van der Waals surface area contributed by atoms with Crippen LogP contribution < -0.4 is 5.32 Å². The van der Waals surface area contributed by atoms with Crippen molar-refractivity contribution in [2.24, 2.45) is 9.98 Å². The second kappa shape index (κ2) is 10.8. The van der Waals surface area contributed by atoms with Gasteiger partial charge in [-0.25, -0.2) is 0 Å². The summed E-state index contributed by atoms with van der Waals surface area (Å²) >= 11 is 1.47. The number of benzene rings is 1. The average molecular weight is 347 g/mol. The summed E-state index contributed by atoms with van der Waals surface area (Å²) in [5.41, 5.74) is 2.70. The van der Waals surface area contributed by atoms with E-state index in [2.05, 4.69) is 15.3 Å². The minimum atomic E-state index is 0.0609. The van der Waals surface area contributed by atoms with Crippen LogP contribution in [0.25, 0.3) is 5.57 Å². The lowest BCUT2D eigenvalue weighted by Gasteiger charge is -2.07. The molecule has 0 aromatic heterocycles. The number of aliphatic imine (C=N–C) groups is 2. The summed E-state index contributed by atoms with van der Waals surface area (Å²) < 4.78 is 5.01. The summed E-state index contributed by atoms with van der Waals surface area (Å²) in [5.74, 6) is 0.0609. The van der Waals surface area contributed by atoms with Crippen LogP contribution in [0.3, 0.4) is 0 Å². The number of ether oxygens (including phenoxy) is 1. The Labute approximate surface area is 148 Å². The summed E-state index contributed by atoms with van der Waals surface area (Å²) in [7, 11) is 3.41. The summed E-state index contributed by atoms with van der Waals surface area (Å²) in [6.07, 6.45) is 1.81. The number of hydrogen-bond acceptors (Lipinski definition) is 5. The van der Waals surface area contributed by atoms with Gasteiger partial charge in [0.05, 0.1) is 11.7 Å². The maximum absolute atomic E-state index is 11.5. The number of thioether (sulfide) groups is 1. The van der Waals surface area contributed by atoms with Crippen molar-refractivity contribution in [3.05, 3.63) is 41.6 Å². The molecule has 5 nitrogen and oxygen atoms in total. The van der Waals surface area contributed by atoms with Crippen molar-refractivity contribution >= 4 is 33.3 Å². The first kappa shape index (κ1) is 20.1. The third-order valence-corrected chi connectivity index (χ3v) is 4.12. The number of amidine groups is 1. The number of methoxy groups -OCH3 is 1. The predicted molar refractivity (Wildman–Crippen MR) is 104 cm³/mol. The second-order valence-electron chi connectivity index (χ2n) is 5.15. The Kier molecular flexibility index (Phi) is 9.04. The molecule has 0 spiro atoms. The minimum absolute atomic E-state index is 0.0609. The number of carbonyl (C=O) groups excluding carboxylic acids is 1. The van der Waals surface area contributed by atoms with Crippen LogP contribution in [0.1, 0.15) is 36.7 Å². The van der Waals surface area contributed by atoms with Gasteiger partial charge in [-0.15, -0.1) is 0 Å². The van der Waals surface area contributed by atoms with Gasteiger partial charge in [0.1, 0.15) is 0 Å². The number of rotatable bonds is 6. The average Bonchev–Trinajstić information content (AvgIpc) is 2.59. The molecular formula is C18H25N3O2S. The molecule has 1 N–H and O–H groups in total. The van der Waals surface area contributed by atoms with Crippen LogP contribution in [0.15, 0.2) is 40.5 Å². The molecule has 0 unspecified atom stereocenters. The SMILES string of the molecule is CN=C(NCCOC)SC(C)=N/C=C(\C)c1cccc(C(C)=O)c1. The number of Topliss-reactive ketones (excluding diaryl/α,β-unsaturated/α-hetero) is 1. The molecule has 0 saturated carbocycles. The number of nitrogens with zero attached hydrogens (tertiary/aromatic N) is 2. The van der Waals surface area contributed by atoms with Crippen LogP contribution in [0.5, 0.6) is 0 Å². The highest BCUT2D eigenvalue weighted by Gasteiger charge is 2.03. The first-order chi connectivity index (χ1) is 11.5. The molecule has 0 bridgehead atoms. The highest BCUT2D eigenvalue weighted by molar-refractivity contribution is 8.26. The van der Waals surface area contributed by atoms with Crippen molar-refractivity contribution in [3.8, 4) is 0 Å². The van der Waals surface area contributed by atoms with Crippen molar-refractivity contribution in [2.45, 2.75) is 20.8 Å². The molecule has 0 atom stereocenters. The largest absolute Gasteiger partial charge is 0.383 e. The molecule has 0 fully saturated rings. The third-order valence-electron chi connectivity index (χ3n) is 3.19. The quantitative estimate of drug-likeness (QED) is 0.369. The van der Waals surface area contributed by atoms with E-state index in [4.69, 9.17) is 4.74 Å². The fourth-order valence-electron chi connectivity index (χ4n) is 1.83. The zero-order valence-corrected chi connectivity index (χ0v) is 15.7. The van der Waals surface area contributed by atoms with Crippen molar-refractivity contribution in [1.82, 2.24) is 5.32 Å². The van der Waals surface area contributed by atoms with E-state index < -0.39 is 0 Å². The standard InChI is InChI=1S/C18H25N3O2S/c1-13(16-7-6-8-17(11-16)14(2)22)12-21-15(3)24-18(19-4)20-9-10-23-5/h6-8,11-12H,9-10H2,1-5H3,(H,19,20)/b13-12+,21-15?. The fraction of sp³-hybridized carbons (Fsp3) is 0.389. The Bertz CT molecular complexity index is 651. The Hall–Kier alpha value is -1.92. The lowest BCUT2D eigenvalue weighted by atomic mass is 10.0. The molecule has 0 aliphatic rings. The summed E-state index contributed by atoms with van der Waals surface area (Å²) in [5, 5.41) is 4.87. The molecule has 1 aromatic carbocycles. The lowest BCUT2D eigenvalue weighted by molar-refractivity contribution is 0.101. The molecule has 130 valence electrons. The van der Waals surface area contributed by atoms with Gasteiger partial charge in [0.15, 0.2) is 11.0 Å². The first-order valence-electron chi connectivity index (χ1n) is 7.68. The molecule has 0 radical (unpaired) electrons. The van der Waals surface area contributed by atoms with Crippen LogP contribution in [0, 0.1) is 0 Å². The van der Waals surface area contributed by atoms with Gasteiger partial charge in [0.25, 0.3) is 0 Å². The Morgan fingerprint density at radius 1 is 1.29 bits per heavy atom. The Balaban J connectivity index is 2.75. The molecule has 0 aliphatic carbocycles. The van der Waals surface area contributed by atoms with Crippen molar-refractivity contribution < 1.29 is 9.53 Å². The van der Waals surface area contributed by atoms with E-state index in [1.807, 2.05) is 44.3 Å². The molecule has 6 heteroatoms. The second-order valence-corrected chi connectivity index (χ2v) is 6.33. The van der Waals surface area contributed by atoms with Crippen LogP contribution >= 0.6 is 11.8 Å². The van der Waals surface area contributed by atoms with Gasteiger partial charge in [0.2, 0.25) is 0 Å². The van der Waals surface area contributed by atoms with Crippen molar-refractivity contribution in [1.29, 1.82) is 0 Å². The summed E-state index contributed by atoms with van der Waals surface area (Å²) in [4.78, 5) is 20.1. The Morgan fingerprint density at radius 2 is 2.00 bits per heavy atom. The van der Waals surface area contributed by atoms with Crippen LogP contribution in [0.4, 0.5) is 0 Å². The minimum Gasteiger partial charge on any atom is -0.383 e. The van der Waals surface area contributed by atoms with E-state index >= 15 is 0 Å². The monoisotopic (exact) mass is 347 g/mol. The van der Waals surface area contributed by atoms with Crippen LogP contribution in [-0.2, 0) is 4.74 Å². The molecule has 0 aliphatic heterocycles. The van der Waals surface area contributed by atoms with Gasteiger partial charge in [-0.2, -0.15) is 0 Å². The lowest BCUT2D eigenvalue weighted by Crippen LogP contribution is -2.25. The molecule has 0 heterocycles. The van der Waals surface area contributed by atoms with E-state index in [9.17, 15) is 4.79 Å². The van der Waals surface area contributed by atoms with Gasteiger partial charge in [0, 0.05) is 32.5 Å². The maximum Gasteiger partial charge on any atom is 0.162 e. The van der Waals surface area contributed by atoms with E-state index in [-0.39, 0.29) is 5.78 Å². The number of hydrogen-bond donors (Lipinski definition) is 1. The zero-order chi connectivity index (χ0) is 17.9. The van der Waals surface area contributed by atoms with E-state index in [1.165, 1.54) is 11.8 Å². The molecule has 0 amide bonds. The van der Waals surface area contributed by atoms with Crippen molar-refractivity contribution in [2.75, 3.05) is 27.3 Å². The number of nitrogens with one attached hydrogen (secondary N) is 1. The predicted octanol–water partition coefficient (Wildman–Crippen LogP) is 3.62. The molecule has 0 saturated heterocycles. The van der Waals surface area contributed by atoms with E-state index in [1.54, 1.807) is 21.1 Å². The smallest absolute Gasteiger partial charge is 0.162 e. The first-order valence-corrected chi connectivity index (χ1v) is 8.49. The third kappa shape index (κ3) is 7.10. The topological polar surface area (TPSA) is 63.1 Å². The number of carbonyl (C=O) groups is 1.